The number of aromatic nitrogens is 1. The lowest BCUT2D eigenvalue weighted by molar-refractivity contribution is 0.361. The largest absolute Gasteiger partial charge is 0.359 e. The molecule has 0 saturated heterocycles. The molecule has 1 N–H and O–H groups in total. The molecule has 1 aromatic rings. The van der Waals surface area contributed by atoms with E-state index in [1.165, 1.54) is 49.0 Å². The van der Waals surface area contributed by atoms with Gasteiger partial charge in [0.1, 0.15) is 5.82 Å². The van der Waals surface area contributed by atoms with Crippen molar-refractivity contribution in [3.05, 3.63) is 22.9 Å². The van der Waals surface area contributed by atoms with Crippen molar-refractivity contribution >= 4 is 5.82 Å². The molecule has 1 aromatic heterocycles. The molecule has 0 amide bonds. The Morgan fingerprint density at radius 3 is 2.62 bits per heavy atom. The lowest BCUT2D eigenvalue weighted by Gasteiger charge is -2.29. The molecule has 1 aliphatic carbocycles. The molecule has 1 heterocycles. The minimum Gasteiger partial charge on any atom is -0.359 e. The maximum Gasteiger partial charge on any atom is 0.133 e. The van der Waals surface area contributed by atoms with Crippen LogP contribution in [-0.4, -0.2) is 25.1 Å². The molecule has 1 fully saturated rings. The molecule has 0 spiro atoms. The third kappa shape index (κ3) is 4.44. The van der Waals surface area contributed by atoms with Crippen LogP contribution in [0.5, 0.6) is 0 Å². The summed E-state index contributed by atoms with van der Waals surface area (Å²) < 4.78 is 0. The van der Waals surface area contributed by atoms with Gasteiger partial charge in [0.05, 0.1) is 0 Å². The third-order valence-corrected chi connectivity index (χ3v) is 4.62. The van der Waals surface area contributed by atoms with E-state index in [2.05, 4.69) is 44.1 Å². The fourth-order valence-corrected chi connectivity index (χ4v) is 3.47. The first kappa shape index (κ1) is 16.3. The van der Waals surface area contributed by atoms with Crippen LogP contribution in [0, 0.1) is 19.8 Å². The summed E-state index contributed by atoms with van der Waals surface area (Å²) in [5.41, 5.74) is 3.84. The standard InChI is InChI=1S/C18H31N3/c1-5-19-12-17-14(2)11-15(3)20-18(17)21(4)13-16-9-7-6-8-10-16/h11,16,19H,5-10,12-13H2,1-4H3. The SMILES string of the molecule is CCNCc1c(C)cc(C)nc1N(C)CC1CCCCC1. The van der Waals surface area contributed by atoms with Crippen molar-refractivity contribution in [1.82, 2.24) is 10.3 Å². The number of rotatable bonds is 6. The second kappa shape index (κ2) is 7.79. The molecule has 0 aliphatic heterocycles. The number of anilines is 1. The lowest BCUT2D eigenvalue weighted by Crippen LogP contribution is -2.29. The fraction of sp³-hybridized carbons (Fsp3) is 0.722. The molecule has 21 heavy (non-hydrogen) atoms. The Kier molecular flexibility index (Phi) is 6.04. The Bertz CT molecular complexity index is 450. The van der Waals surface area contributed by atoms with E-state index < -0.39 is 0 Å². The summed E-state index contributed by atoms with van der Waals surface area (Å²) in [5.74, 6) is 2.03. The summed E-state index contributed by atoms with van der Waals surface area (Å²) >= 11 is 0. The van der Waals surface area contributed by atoms with Gasteiger partial charge in [-0.2, -0.15) is 0 Å². The number of pyridine rings is 1. The summed E-state index contributed by atoms with van der Waals surface area (Å²) in [6.07, 6.45) is 7.01. The van der Waals surface area contributed by atoms with Crippen LogP contribution in [0.4, 0.5) is 5.82 Å². The minimum atomic E-state index is 0.846. The Hall–Kier alpha value is -1.09. The normalized spacial score (nSPS) is 16.2. The van der Waals surface area contributed by atoms with Gasteiger partial charge in [0.2, 0.25) is 0 Å². The molecule has 0 aromatic carbocycles. The van der Waals surface area contributed by atoms with E-state index in [0.29, 0.717) is 0 Å². The predicted molar refractivity (Wildman–Crippen MR) is 90.9 cm³/mol. The van der Waals surface area contributed by atoms with Crippen LogP contribution in [0.15, 0.2) is 6.07 Å². The Labute approximate surface area is 130 Å². The number of hydrogen-bond donors (Lipinski definition) is 1. The first-order valence-electron chi connectivity index (χ1n) is 8.50. The van der Waals surface area contributed by atoms with Gasteiger partial charge >= 0.3 is 0 Å². The molecule has 118 valence electrons. The van der Waals surface area contributed by atoms with Crippen molar-refractivity contribution in [2.75, 3.05) is 25.0 Å². The van der Waals surface area contributed by atoms with Gasteiger partial charge < -0.3 is 10.2 Å². The van der Waals surface area contributed by atoms with E-state index in [1.807, 2.05) is 0 Å². The van der Waals surface area contributed by atoms with Crippen LogP contribution in [0.2, 0.25) is 0 Å². The molecule has 0 atom stereocenters. The Balaban J connectivity index is 2.15. The van der Waals surface area contributed by atoms with Crippen LogP contribution in [0.1, 0.15) is 55.8 Å². The third-order valence-electron chi connectivity index (χ3n) is 4.62. The molecule has 1 saturated carbocycles. The van der Waals surface area contributed by atoms with Crippen molar-refractivity contribution in [3.63, 3.8) is 0 Å². The zero-order valence-electron chi connectivity index (χ0n) is 14.2. The zero-order chi connectivity index (χ0) is 15.2. The second-order valence-electron chi connectivity index (χ2n) is 6.55. The zero-order valence-corrected chi connectivity index (χ0v) is 14.2. The fourth-order valence-electron chi connectivity index (χ4n) is 3.47. The number of hydrogen-bond acceptors (Lipinski definition) is 3. The van der Waals surface area contributed by atoms with Crippen molar-refractivity contribution in [2.45, 2.75) is 59.4 Å². The van der Waals surface area contributed by atoms with Crippen molar-refractivity contribution in [1.29, 1.82) is 0 Å². The van der Waals surface area contributed by atoms with Gasteiger partial charge in [0, 0.05) is 31.4 Å². The first-order chi connectivity index (χ1) is 10.1. The van der Waals surface area contributed by atoms with E-state index in [9.17, 15) is 0 Å². The molecule has 2 rings (SSSR count). The summed E-state index contributed by atoms with van der Waals surface area (Å²) in [6.45, 7) is 9.53. The van der Waals surface area contributed by atoms with Gasteiger partial charge in [0.15, 0.2) is 0 Å². The maximum absolute atomic E-state index is 4.84. The highest BCUT2D eigenvalue weighted by molar-refractivity contribution is 5.51. The van der Waals surface area contributed by atoms with Crippen molar-refractivity contribution in [2.24, 2.45) is 5.92 Å². The van der Waals surface area contributed by atoms with Gasteiger partial charge in [-0.3, -0.25) is 0 Å². The predicted octanol–water partition coefficient (Wildman–Crippen LogP) is 3.82. The smallest absolute Gasteiger partial charge is 0.133 e. The molecular weight excluding hydrogens is 258 g/mol. The first-order valence-corrected chi connectivity index (χ1v) is 8.50. The summed E-state index contributed by atoms with van der Waals surface area (Å²) in [7, 11) is 2.21. The Morgan fingerprint density at radius 1 is 1.24 bits per heavy atom. The minimum absolute atomic E-state index is 0.846. The summed E-state index contributed by atoms with van der Waals surface area (Å²) in [5, 5.41) is 3.46. The van der Waals surface area contributed by atoms with Gasteiger partial charge in [-0.15, -0.1) is 0 Å². The average Bonchev–Trinajstić information content (AvgIpc) is 2.46. The number of aryl methyl sites for hydroxylation is 2. The summed E-state index contributed by atoms with van der Waals surface area (Å²) in [6, 6.07) is 2.20. The maximum atomic E-state index is 4.84. The molecule has 0 unspecified atom stereocenters. The van der Waals surface area contributed by atoms with Gasteiger partial charge in [0.25, 0.3) is 0 Å². The molecule has 0 bridgehead atoms. The number of nitrogens with one attached hydrogen (secondary N) is 1. The molecule has 3 nitrogen and oxygen atoms in total. The molecule has 1 aliphatic rings. The van der Waals surface area contributed by atoms with Crippen molar-refractivity contribution in [3.8, 4) is 0 Å². The Morgan fingerprint density at radius 2 is 1.95 bits per heavy atom. The van der Waals surface area contributed by atoms with Crippen LogP contribution >= 0.6 is 0 Å². The number of nitrogens with zero attached hydrogens (tertiary/aromatic N) is 2. The van der Waals surface area contributed by atoms with Gasteiger partial charge in [-0.25, -0.2) is 4.98 Å². The van der Waals surface area contributed by atoms with Crippen LogP contribution in [0.3, 0.4) is 0 Å². The van der Waals surface area contributed by atoms with Gasteiger partial charge in [-0.05, 0) is 50.8 Å². The van der Waals surface area contributed by atoms with Crippen molar-refractivity contribution < 1.29 is 0 Å². The lowest BCUT2D eigenvalue weighted by atomic mass is 9.89. The molecule has 0 radical (unpaired) electrons. The molecular formula is C18H31N3. The quantitative estimate of drug-likeness (QED) is 0.863. The van der Waals surface area contributed by atoms with Crippen LogP contribution < -0.4 is 10.2 Å². The van der Waals surface area contributed by atoms with E-state index in [0.717, 1.165) is 31.2 Å². The van der Waals surface area contributed by atoms with E-state index in [4.69, 9.17) is 4.98 Å². The van der Waals surface area contributed by atoms with Crippen LogP contribution in [0.25, 0.3) is 0 Å². The highest BCUT2D eigenvalue weighted by atomic mass is 15.2. The average molecular weight is 289 g/mol. The van der Waals surface area contributed by atoms with E-state index in [1.54, 1.807) is 0 Å². The topological polar surface area (TPSA) is 28.2 Å². The van der Waals surface area contributed by atoms with Gasteiger partial charge in [-0.1, -0.05) is 26.2 Å². The van der Waals surface area contributed by atoms with Crippen LogP contribution in [-0.2, 0) is 6.54 Å². The van der Waals surface area contributed by atoms with E-state index >= 15 is 0 Å². The highest BCUT2D eigenvalue weighted by Gasteiger charge is 2.18. The van der Waals surface area contributed by atoms with E-state index in [-0.39, 0.29) is 0 Å². The monoisotopic (exact) mass is 289 g/mol. The molecule has 3 heteroatoms. The highest BCUT2D eigenvalue weighted by Crippen LogP contribution is 2.27. The second-order valence-corrected chi connectivity index (χ2v) is 6.55. The summed E-state index contributed by atoms with van der Waals surface area (Å²) in [4.78, 5) is 7.23.